The molecule has 128 valence electrons. The average molecular weight is 316 g/mol. The summed E-state index contributed by atoms with van der Waals surface area (Å²) in [6.07, 6.45) is 5.05. The van der Waals surface area contributed by atoms with Gasteiger partial charge in [-0.2, -0.15) is 0 Å². The SMILES string of the molecule is CN=C(NCCc1ccccc1)NCC(C)N1CCCCC1C. The number of aliphatic imine (C=N–C) groups is 1. The van der Waals surface area contributed by atoms with Crippen molar-refractivity contribution in [3.63, 3.8) is 0 Å². The summed E-state index contributed by atoms with van der Waals surface area (Å²) in [6.45, 7) is 7.73. The van der Waals surface area contributed by atoms with Crippen LogP contribution in [-0.4, -0.2) is 49.6 Å². The molecule has 2 rings (SSSR count). The van der Waals surface area contributed by atoms with Gasteiger partial charge in [-0.15, -0.1) is 0 Å². The summed E-state index contributed by atoms with van der Waals surface area (Å²) in [7, 11) is 1.84. The van der Waals surface area contributed by atoms with Gasteiger partial charge in [-0.3, -0.25) is 9.89 Å². The molecule has 0 aromatic heterocycles. The number of rotatable bonds is 6. The molecule has 0 aliphatic carbocycles. The van der Waals surface area contributed by atoms with Gasteiger partial charge in [0.05, 0.1) is 0 Å². The van der Waals surface area contributed by atoms with Gasteiger partial charge in [-0.05, 0) is 45.2 Å². The zero-order valence-electron chi connectivity index (χ0n) is 14.9. The number of nitrogens with zero attached hydrogens (tertiary/aromatic N) is 2. The third-order valence-corrected chi connectivity index (χ3v) is 4.76. The van der Waals surface area contributed by atoms with Crippen LogP contribution in [0.5, 0.6) is 0 Å². The second-order valence-corrected chi connectivity index (χ2v) is 6.55. The minimum absolute atomic E-state index is 0.540. The fourth-order valence-electron chi connectivity index (χ4n) is 3.33. The van der Waals surface area contributed by atoms with Gasteiger partial charge in [-0.25, -0.2) is 0 Å². The van der Waals surface area contributed by atoms with Gasteiger partial charge in [0.15, 0.2) is 5.96 Å². The van der Waals surface area contributed by atoms with Gasteiger partial charge in [0.2, 0.25) is 0 Å². The Balaban J connectivity index is 1.70. The van der Waals surface area contributed by atoms with E-state index in [2.05, 4.69) is 64.7 Å². The van der Waals surface area contributed by atoms with E-state index in [9.17, 15) is 0 Å². The van der Waals surface area contributed by atoms with Crippen LogP contribution in [-0.2, 0) is 6.42 Å². The van der Waals surface area contributed by atoms with Crippen molar-refractivity contribution < 1.29 is 0 Å². The first-order valence-corrected chi connectivity index (χ1v) is 8.95. The van der Waals surface area contributed by atoms with Crippen molar-refractivity contribution in [1.29, 1.82) is 0 Å². The van der Waals surface area contributed by atoms with Crippen molar-refractivity contribution in [1.82, 2.24) is 15.5 Å². The molecule has 2 atom stereocenters. The molecule has 1 aliphatic heterocycles. The predicted octanol–water partition coefficient (Wildman–Crippen LogP) is 2.66. The zero-order chi connectivity index (χ0) is 16.5. The summed E-state index contributed by atoms with van der Waals surface area (Å²) in [6, 6.07) is 11.8. The summed E-state index contributed by atoms with van der Waals surface area (Å²) in [5.41, 5.74) is 1.35. The van der Waals surface area contributed by atoms with Crippen molar-refractivity contribution >= 4 is 5.96 Å². The van der Waals surface area contributed by atoms with E-state index in [1.165, 1.54) is 31.4 Å². The number of hydrogen-bond acceptors (Lipinski definition) is 2. The zero-order valence-corrected chi connectivity index (χ0v) is 14.9. The maximum absolute atomic E-state index is 4.33. The highest BCUT2D eigenvalue weighted by Gasteiger charge is 2.22. The Labute approximate surface area is 141 Å². The predicted molar refractivity (Wildman–Crippen MR) is 99.0 cm³/mol. The lowest BCUT2D eigenvalue weighted by atomic mass is 10.0. The summed E-state index contributed by atoms with van der Waals surface area (Å²) >= 11 is 0. The molecule has 1 aromatic rings. The molecule has 1 heterocycles. The summed E-state index contributed by atoms with van der Waals surface area (Å²) in [5.74, 6) is 0.900. The number of guanidine groups is 1. The third-order valence-electron chi connectivity index (χ3n) is 4.76. The first kappa shape index (κ1) is 17.8. The van der Waals surface area contributed by atoms with E-state index in [0.717, 1.165) is 25.5 Å². The van der Waals surface area contributed by atoms with E-state index in [4.69, 9.17) is 0 Å². The van der Waals surface area contributed by atoms with Crippen LogP contribution < -0.4 is 10.6 Å². The standard InChI is InChI=1S/C19H32N4/c1-16-9-7-8-14-23(16)17(2)15-22-19(20-3)21-13-12-18-10-5-4-6-11-18/h4-6,10-11,16-17H,7-9,12-15H2,1-3H3,(H2,20,21,22). The Kier molecular flexibility index (Phi) is 7.40. The van der Waals surface area contributed by atoms with Gasteiger partial charge < -0.3 is 10.6 Å². The highest BCUT2D eigenvalue weighted by atomic mass is 15.2. The molecule has 23 heavy (non-hydrogen) atoms. The molecule has 0 bridgehead atoms. The van der Waals surface area contributed by atoms with Crippen LogP contribution in [0.2, 0.25) is 0 Å². The highest BCUT2D eigenvalue weighted by molar-refractivity contribution is 5.79. The van der Waals surface area contributed by atoms with E-state index < -0.39 is 0 Å². The minimum atomic E-state index is 0.540. The molecule has 1 aromatic carbocycles. The lowest BCUT2D eigenvalue weighted by Crippen LogP contribution is -2.50. The maximum atomic E-state index is 4.33. The van der Waals surface area contributed by atoms with Crippen LogP contribution in [0.15, 0.2) is 35.3 Å². The van der Waals surface area contributed by atoms with E-state index in [0.29, 0.717) is 12.1 Å². The molecule has 2 unspecified atom stereocenters. The van der Waals surface area contributed by atoms with Gasteiger partial charge in [0.25, 0.3) is 0 Å². The second kappa shape index (κ2) is 9.56. The van der Waals surface area contributed by atoms with Crippen LogP contribution in [0.25, 0.3) is 0 Å². The molecule has 0 amide bonds. The lowest BCUT2D eigenvalue weighted by molar-refractivity contribution is 0.115. The number of hydrogen-bond donors (Lipinski definition) is 2. The van der Waals surface area contributed by atoms with Crippen molar-refractivity contribution in [2.45, 2.75) is 51.6 Å². The third kappa shape index (κ3) is 5.87. The monoisotopic (exact) mass is 316 g/mol. The van der Waals surface area contributed by atoms with E-state index in [1.807, 2.05) is 7.05 Å². The first-order chi connectivity index (χ1) is 11.2. The van der Waals surface area contributed by atoms with Crippen LogP contribution in [0, 0.1) is 0 Å². The molecular formula is C19H32N4. The number of benzene rings is 1. The van der Waals surface area contributed by atoms with Crippen molar-refractivity contribution in [3.05, 3.63) is 35.9 Å². The molecule has 2 N–H and O–H groups in total. The van der Waals surface area contributed by atoms with E-state index in [-0.39, 0.29) is 0 Å². The molecular weight excluding hydrogens is 284 g/mol. The average Bonchev–Trinajstić information content (AvgIpc) is 2.59. The number of piperidine rings is 1. The van der Waals surface area contributed by atoms with Gasteiger partial charge in [-0.1, -0.05) is 36.8 Å². The topological polar surface area (TPSA) is 39.7 Å². The molecule has 1 saturated heterocycles. The lowest BCUT2D eigenvalue weighted by Gasteiger charge is -2.38. The Morgan fingerprint density at radius 1 is 1.26 bits per heavy atom. The molecule has 0 radical (unpaired) electrons. The van der Waals surface area contributed by atoms with Gasteiger partial charge >= 0.3 is 0 Å². The van der Waals surface area contributed by atoms with Crippen LogP contribution in [0.4, 0.5) is 0 Å². The Hall–Kier alpha value is -1.55. The van der Waals surface area contributed by atoms with Crippen molar-refractivity contribution in [2.75, 3.05) is 26.7 Å². The van der Waals surface area contributed by atoms with Crippen molar-refractivity contribution in [2.24, 2.45) is 4.99 Å². The van der Waals surface area contributed by atoms with Gasteiger partial charge in [0, 0.05) is 32.2 Å². The summed E-state index contributed by atoms with van der Waals surface area (Å²) < 4.78 is 0. The largest absolute Gasteiger partial charge is 0.356 e. The summed E-state index contributed by atoms with van der Waals surface area (Å²) in [4.78, 5) is 6.95. The molecule has 4 nitrogen and oxygen atoms in total. The highest BCUT2D eigenvalue weighted by Crippen LogP contribution is 2.18. The normalized spacial score (nSPS) is 21.0. The quantitative estimate of drug-likeness (QED) is 0.626. The second-order valence-electron chi connectivity index (χ2n) is 6.55. The number of nitrogens with one attached hydrogen (secondary N) is 2. The fraction of sp³-hybridized carbons (Fsp3) is 0.632. The molecule has 0 saturated carbocycles. The van der Waals surface area contributed by atoms with E-state index in [1.54, 1.807) is 0 Å². The maximum Gasteiger partial charge on any atom is 0.191 e. The van der Waals surface area contributed by atoms with Crippen LogP contribution in [0.3, 0.4) is 0 Å². The molecule has 4 heteroatoms. The first-order valence-electron chi connectivity index (χ1n) is 8.95. The van der Waals surface area contributed by atoms with E-state index >= 15 is 0 Å². The molecule has 1 fully saturated rings. The minimum Gasteiger partial charge on any atom is -0.356 e. The van der Waals surface area contributed by atoms with Gasteiger partial charge in [0.1, 0.15) is 0 Å². The molecule has 0 spiro atoms. The Bertz CT molecular complexity index is 472. The Morgan fingerprint density at radius 2 is 2.04 bits per heavy atom. The fourth-order valence-corrected chi connectivity index (χ4v) is 3.33. The Morgan fingerprint density at radius 3 is 2.74 bits per heavy atom. The smallest absolute Gasteiger partial charge is 0.191 e. The molecule has 1 aliphatic rings. The number of likely N-dealkylation sites (tertiary alicyclic amines) is 1. The van der Waals surface area contributed by atoms with Crippen molar-refractivity contribution in [3.8, 4) is 0 Å². The van der Waals surface area contributed by atoms with Crippen LogP contribution >= 0.6 is 0 Å². The summed E-state index contributed by atoms with van der Waals surface area (Å²) in [5, 5.41) is 6.88. The van der Waals surface area contributed by atoms with Crippen LogP contribution in [0.1, 0.15) is 38.7 Å².